The van der Waals surface area contributed by atoms with Crippen LogP contribution in [0.4, 0.5) is 0 Å². The molecule has 2 aromatic carbocycles. The molecule has 0 aliphatic rings. The molecule has 1 unspecified atom stereocenters. The molecule has 2 aromatic rings. The van der Waals surface area contributed by atoms with Gasteiger partial charge >= 0.3 is 0 Å². The number of aliphatic hydroxyl groups is 1. The Morgan fingerprint density at radius 2 is 1.68 bits per heavy atom. The minimum Gasteiger partial charge on any atom is -0.388 e. The summed E-state index contributed by atoms with van der Waals surface area (Å²) in [7, 11) is 0. The van der Waals surface area contributed by atoms with Crippen molar-refractivity contribution in [3.05, 3.63) is 69.2 Å². The third-order valence-electron chi connectivity index (χ3n) is 3.44. The van der Waals surface area contributed by atoms with Crippen molar-refractivity contribution in [1.29, 1.82) is 0 Å². The van der Waals surface area contributed by atoms with E-state index >= 15 is 0 Å². The first kappa shape index (κ1) is 14.3. The largest absolute Gasteiger partial charge is 0.388 e. The zero-order valence-electron chi connectivity index (χ0n) is 11.4. The van der Waals surface area contributed by atoms with Gasteiger partial charge in [0.2, 0.25) is 0 Å². The second-order valence-electron chi connectivity index (χ2n) is 4.90. The van der Waals surface area contributed by atoms with Crippen LogP contribution in [-0.4, -0.2) is 5.11 Å². The fraction of sp³-hybridized carbons (Fsp3) is 0.294. The molecule has 0 saturated heterocycles. The van der Waals surface area contributed by atoms with Crippen LogP contribution in [0.1, 0.15) is 35.3 Å². The first-order chi connectivity index (χ1) is 9.10. The van der Waals surface area contributed by atoms with E-state index in [9.17, 15) is 5.11 Å². The van der Waals surface area contributed by atoms with Gasteiger partial charge in [-0.05, 0) is 41.7 Å². The summed E-state index contributed by atoms with van der Waals surface area (Å²) in [5.41, 5.74) is 4.64. The summed E-state index contributed by atoms with van der Waals surface area (Å²) in [6, 6.07) is 14.5. The van der Waals surface area contributed by atoms with Gasteiger partial charge < -0.3 is 5.11 Å². The van der Waals surface area contributed by atoms with E-state index in [2.05, 4.69) is 47.1 Å². The van der Waals surface area contributed by atoms with Gasteiger partial charge in [-0.3, -0.25) is 0 Å². The van der Waals surface area contributed by atoms with Crippen LogP contribution in [-0.2, 0) is 12.8 Å². The molecule has 0 aliphatic carbocycles. The van der Waals surface area contributed by atoms with Crippen LogP contribution in [0.5, 0.6) is 0 Å². The topological polar surface area (TPSA) is 20.2 Å². The van der Waals surface area contributed by atoms with Crippen LogP contribution in [0.2, 0.25) is 0 Å². The number of hydrogen-bond donors (Lipinski definition) is 1. The lowest BCUT2D eigenvalue weighted by atomic mass is 9.99. The number of benzene rings is 2. The Morgan fingerprint density at radius 1 is 1.05 bits per heavy atom. The van der Waals surface area contributed by atoms with Crippen LogP contribution in [0.15, 0.2) is 46.9 Å². The molecule has 0 fully saturated rings. The molecule has 0 amide bonds. The van der Waals surface area contributed by atoms with Gasteiger partial charge in [-0.2, -0.15) is 0 Å². The lowest BCUT2D eigenvalue weighted by Crippen LogP contribution is -2.02. The minimum atomic E-state index is -0.454. The highest BCUT2D eigenvalue weighted by molar-refractivity contribution is 9.10. The van der Waals surface area contributed by atoms with Gasteiger partial charge in [-0.1, -0.05) is 59.3 Å². The van der Waals surface area contributed by atoms with E-state index in [4.69, 9.17) is 0 Å². The predicted octanol–water partition coefficient (Wildman–Crippen LogP) is 4.60. The van der Waals surface area contributed by atoms with E-state index in [0.717, 1.165) is 16.5 Å². The molecule has 1 atom stereocenters. The number of halogens is 1. The highest BCUT2D eigenvalue weighted by Crippen LogP contribution is 2.24. The van der Waals surface area contributed by atoms with E-state index in [-0.39, 0.29) is 0 Å². The van der Waals surface area contributed by atoms with E-state index in [0.29, 0.717) is 6.42 Å². The Hall–Kier alpha value is -1.12. The molecule has 19 heavy (non-hydrogen) atoms. The van der Waals surface area contributed by atoms with Crippen molar-refractivity contribution < 1.29 is 5.11 Å². The Labute approximate surface area is 123 Å². The van der Waals surface area contributed by atoms with Gasteiger partial charge in [0.25, 0.3) is 0 Å². The first-order valence-electron chi connectivity index (χ1n) is 6.62. The van der Waals surface area contributed by atoms with Crippen LogP contribution in [0.3, 0.4) is 0 Å². The maximum Gasteiger partial charge on any atom is 0.0830 e. The normalized spacial score (nSPS) is 12.4. The van der Waals surface area contributed by atoms with Gasteiger partial charge in [-0.15, -0.1) is 0 Å². The predicted molar refractivity (Wildman–Crippen MR) is 83.4 cm³/mol. The molecule has 0 spiro atoms. The molecule has 1 nitrogen and oxygen atoms in total. The molecule has 0 heterocycles. The van der Waals surface area contributed by atoms with E-state index in [1.165, 1.54) is 16.7 Å². The number of hydrogen-bond acceptors (Lipinski definition) is 1. The molecule has 2 rings (SSSR count). The van der Waals surface area contributed by atoms with Crippen molar-refractivity contribution in [2.45, 2.75) is 32.8 Å². The minimum absolute atomic E-state index is 0.454. The summed E-state index contributed by atoms with van der Waals surface area (Å²) >= 11 is 3.51. The lowest BCUT2D eigenvalue weighted by molar-refractivity contribution is 0.178. The van der Waals surface area contributed by atoms with E-state index in [1.54, 1.807) is 0 Å². The van der Waals surface area contributed by atoms with E-state index in [1.807, 2.05) is 25.1 Å². The van der Waals surface area contributed by atoms with Crippen molar-refractivity contribution >= 4 is 15.9 Å². The zero-order chi connectivity index (χ0) is 13.8. The van der Waals surface area contributed by atoms with Gasteiger partial charge in [0.15, 0.2) is 0 Å². The summed E-state index contributed by atoms with van der Waals surface area (Å²) in [5.74, 6) is 0. The molecule has 0 bridgehead atoms. The van der Waals surface area contributed by atoms with Gasteiger partial charge in [0.05, 0.1) is 6.10 Å². The molecule has 0 radical (unpaired) electrons. The molecule has 0 aromatic heterocycles. The summed E-state index contributed by atoms with van der Waals surface area (Å²) in [4.78, 5) is 0. The van der Waals surface area contributed by atoms with Crippen molar-refractivity contribution in [1.82, 2.24) is 0 Å². The lowest BCUT2D eigenvalue weighted by Gasteiger charge is -2.12. The second kappa shape index (κ2) is 6.36. The average Bonchev–Trinajstić information content (AvgIpc) is 2.42. The van der Waals surface area contributed by atoms with Gasteiger partial charge in [0.1, 0.15) is 0 Å². The molecular weight excluding hydrogens is 300 g/mol. The molecule has 0 aliphatic heterocycles. The number of aryl methyl sites for hydroxylation is 2. The highest BCUT2D eigenvalue weighted by atomic mass is 79.9. The average molecular weight is 319 g/mol. The Kier molecular flexibility index (Phi) is 4.78. The van der Waals surface area contributed by atoms with Crippen LogP contribution in [0, 0.1) is 6.92 Å². The van der Waals surface area contributed by atoms with Crippen LogP contribution >= 0.6 is 15.9 Å². The monoisotopic (exact) mass is 318 g/mol. The summed E-state index contributed by atoms with van der Waals surface area (Å²) in [6.07, 6.45) is 1.25. The molecular formula is C17H19BrO. The fourth-order valence-corrected chi connectivity index (χ4v) is 2.47. The maximum absolute atomic E-state index is 10.3. The number of aliphatic hydroxyl groups excluding tert-OH is 1. The summed E-state index contributed by atoms with van der Waals surface area (Å²) < 4.78 is 1.05. The van der Waals surface area contributed by atoms with Crippen LogP contribution < -0.4 is 0 Å². The third kappa shape index (κ3) is 3.68. The Morgan fingerprint density at radius 3 is 2.26 bits per heavy atom. The molecule has 0 saturated carbocycles. The van der Waals surface area contributed by atoms with Crippen LogP contribution in [0.25, 0.3) is 0 Å². The maximum atomic E-state index is 10.3. The number of rotatable bonds is 4. The second-order valence-corrected chi connectivity index (χ2v) is 5.75. The smallest absolute Gasteiger partial charge is 0.0830 e. The fourth-order valence-electron chi connectivity index (χ4n) is 2.07. The van der Waals surface area contributed by atoms with Crippen molar-refractivity contribution in [2.24, 2.45) is 0 Å². The molecule has 1 N–H and O–H groups in total. The standard InChI is InChI=1S/C17H19BrO/c1-3-13-5-7-14(8-6-13)10-17(19)15-9-4-12(2)16(18)11-15/h4-9,11,17,19H,3,10H2,1-2H3. The molecule has 100 valence electrons. The van der Waals surface area contributed by atoms with Gasteiger partial charge in [-0.25, -0.2) is 0 Å². The third-order valence-corrected chi connectivity index (χ3v) is 4.30. The quantitative estimate of drug-likeness (QED) is 0.873. The summed E-state index contributed by atoms with van der Waals surface area (Å²) in [5, 5.41) is 10.3. The Balaban J connectivity index is 2.10. The SMILES string of the molecule is CCc1ccc(CC(O)c2ccc(C)c(Br)c2)cc1. The Bertz CT molecular complexity index is 546. The first-order valence-corrected chi connectivity index (χ1v) is 7.41. The van der Waals surface area contributed by atoms with Crippen molar-refractivity contribution in [3.63, 3.8) is 0 Å². The van der Waals surface area contributed by atoms with E-state index < -0.39 is 6.10 Å². The highest BCUT2D eigenvalue weighted by Gasteiger charge is 2.09. The molecule has 2 heteroatoms. The van der Waals surface area contributed by atoms with Crippen molar-refractivity contribution in [2.75, 3.05) is 0 Å². The summed E-state index contributed by atoms with van der Waals surface area (Å²) in [6.45, 7) is 4.19. The van der Waals surface area contributed by atoms with Crippen molar-refractivity contribution in [3.8, 4) is 0 Å². The van der Waals surface area contributed by atoms with Gasteiger partial charge in [0, 0.05) is 10.9 Å². The zero-order valence-corrected chi connectivity index (χ0v) is 12.9.